The second-order valence-electron chi connectivity index (χ2n) is 3.57. The number of aromatic nitrogens is 1. The van der Waals surface area contributed by atoms with Gasteiger partial charge in [0.2, 0.25) is 0 Å². The van der Waals surface area contributed by atoms with Crippen LogP contribution in [0, 0.1) is 0 Å². The van der Waals surface area contributed by atoms with Crippen molar-refractivity contribution in [2.24, 2.45) is 0 Å². The van der Waals surface area contributed by atoms with Gasteiger partial charge in [-0.25, -0.2) is 4.79 Å². The molecule has 1 atom stereocenters. The molecule has 1 rings (SSSR count). The van der Waals surface area contributed by atoms with E-state index in [-0.39, 0.29) is 18.1 Å². The summed E-state index contributed by atoms with van der Waals surface area (Å²) >= 11 is 0. The van der Waals surface area contributed by atoms with E-state index in [1.165, 1.54) is 13.2 Å². The summed E-state index contributed by atoms with van der Waals surface area (Å²) in [6.45, 7) is 0.109. The molecule has 3 N–H and O–H groups in total. The van der Waals surface area contributed by atoms with E-state index in [1.807, 2.05) is 5.32 Å². The minimum atomic E-state index is -1.53. The zero-order valence-corrected chi connectivity index (χ0v) is 9.95. The summed E-state index contributed by atoms with van der Waals surface area (Å²) in [4.78, 5) is 32.9. The molecule has 0 unspecified atom stereocenters. The number of methoxy groups -OCH3 is 1. The third kappa shape index (κ3) is 4.39. The van der Waals surface area contributed by atoms with E-state index in [9.17, 15) is 14.4 Å². The van der Waals surface area contributed by atoms with Crippen LogP contribution in [0.15, 0.2) is 10.6 Å². The Hall–Kier alpha value is -2.42. The van der Waals surface area contributed by atoms with E-state index >= 15 is 0 Å². The molecule has 0 saturated heterocycles. The largest absolute Gasteiger partial charge is 0.481 e. The highest BCUT2D eigenvalue weighted by Gasteiger charge is 2.25. The monoisotopic (exact) mass is 272 g/mol. The fourth-order valence-corrected chi connectivity index (χ4v) is 1.24. The van der Waals surface area contributed by atoms with Gasteiger partial charge in [0, 0.05) is 13.2 Å². The van der Waals surface area contributed by atoms with Gasteiger partial charge in [-0.2, -0.15) is 0 Å². The van der Waals surface area contributed by atoms with E-state index < -0.39 is 30.3 Å². The highest BCUT2D eigenvalue weighted by atomic mass is 16.5. The van der Waals surface area contributed by atoms with Gasteiger partial charge in [0.25, 0.3) is 5.91 Å². The zero-order valence-electron chi connectivity index (χ0n) is 9.95. The molecule has 9 nitrogen and oxygen atoms in total. The number of ether oxygens (including phenoxy) is 1. The summed E-state index contributed by atoms with van der Waals surface area (Å²) in [7, 11) is 1.43. The Morgan fingerprint density at radius 1 is 1.47 bits per heavy atom. The van der Waals surface area contributed by atoms with Crippen LogP contribution in [0.5, 0.6) is 0 Å². The first-order valence-corrected chi connectivity index (χ1v) is 5.14. The number of nitrogens with zero attached hydrogens (tertiary/aromatic N) is 1. The third-order valence-corrected chi connectivity index (χ3v) is 2.06. The predicted octanol–water partition coefficient (Wildman–Crippen LogP) is -0.521. The third-order valence-electron chi connectivity index (χ3n) is 2.06. The van der Waals surface area contributed by atoms with Crippen molar-refractivity contribution in [3.05, 3.63) is 17.5 Å². The highest BCUT2D eigenvalue weighted by molar-refractivity contribution is 5.95. The smallest absolute Gasteiger partial charge is 0.326 e. The second-order valence-corrected chi connectivity index (χ2v) is 3.57. The first kappa shape index (κ1) is 14.6. The zero-order chi connectivity index (χ0) is 14.4. The Labute approximate surface area is 107 Å². The van der Waals surface area contributed by atoms with E-state index in [0.29, 0.717) is 0 Å². The number of rotatable bonds is 7. The number of hydrogen-bond donors (Lipinski definition) is 3. The molecule has 104 valence electrons. The maximum absolute atomic E-state index is 11.6. The van der Waals surface area contributed by atoms with Crippen LogP contribution in [-0.2, 0) is 20.9 Å². The number of carboxylic acid groups (broad SMARTS) is 2. The molecular formula is C10H12N2O7. The normalized spacial score (nSPS) is 11.8. The van der Waals surface area contributed by atoms with Gasteiger partial charge in [-0.05, 0) is 0 Å². The summed E-state index contributed by atoms with van der Waals surface area (Å²) in [5.74, 6) is -3.33. The SMILES string of the molecule is COCc1cc(C(=O)N[C@@H](CC(=O)O)C(=O)O)no1. The molecule has 0 spiro atoms. The van der Waals surface area contributed by atoms with Crippen molar-refractivity contribution < 1.29 is 33.9 Å². The quantitative estimate of drug-likeness (QED) is 0.602. The number of amides is 1. The van der Waals surface area contributed by atoms with Crippen molar-refractivity contribution in [2.45, 2.75) is 19.1 Å². The fraction of sp³-hybridized carbons (Fsp3) is 0.400. The molecule has 0 aliphatic rings. The maximum atomic E-state index is 11.6. The minimum Gasteiger partial charge on any atom is -0.481 e. The highest BCUT2D eigenvalue weighted by Crippen LogP contribution is 2.05. The standard InChI is InChI=1S/C10H12N2O7/c1-18-4-5-2-6(12-19-5)9(15)11-7(10(16)17)3-8(13)14/h2,7H,3-4H2,1H3,(H,11,15)(H,13,14)(H,16,17)/t7-/m0/s1. The van der Waals surface area contributed by atoms with Crippen molar-refractivity contribution in [3.63, 3.8) is 0 Å². The molecule has 1 amide bonds. The molecular weight excluding hydrogens is 260 g/mol. The maximum Gasteiger partial charge on any atom is 0.326 e. The van der Waals surface area contributed by atoms with Crippen molar-refractivity contribution in [3.8, 4) is 0 Å². The number of carbonyl (C=O) groups is 3. The number of nitrogens with one attached hydrogen (secondary N) is 1. The molecule has 0 saturated carbocycles. The van der Waals surface area contributed by atoms with Gasteiger partial charge >= 0.3 is 11.9 Å². The molecule has 1 aromatic rings. The second kappa shape index (κ2) is 6.50. The molecule has 0 aromatic carbocycles. The Balaban J connectivity index is 2.70. The lowest BCUT2D eigenvalue weighted by molar-refractivity contribution is -0.145. The van der Waals surface area contributed by atoms with Crippen LogP contribution in [0.3, 0.4) is 0 Å². The van der Waals surface area contributed by atoms with Gasteiger partial charge in [0.05, 0.1) is 6.42 Å². The number of aliphatic carboxylic acids is 2. The van der Waals surface area contributed by atoms with Crippen LogP contribution < -0.4 is 5.32 Å². The summed E-state index contributed by atoms with van der Waals surface area (Å²) in [5.41, 5.74) is -0.149. The van der Waals surface area contributed by atoms with E-state index in [1.54, 1.807) is 0 Å². The summed E-state index contributed by atoms with van der Waals surface area (Å²) in [5, 5.41) is 22.7. The summed E-state index contributed by atoms with van der Waals surface area (Å²) in [6.07, 6.45) is -0.732. The van der Waals surface area contributed by atoms with Gasteiger partial charge in [0.1, 0.15) is 12.6 Å². The molecule has 1 heterocycles. The molecule has 19 heavy (non-hydrogen) atoms. The van der Waals surface area contributed by atoms with Gasteiger partial charge in [-0.3, -0.25) is 9.59 Å². The Morgan fingerprint density at radius 3 is 2.68 bits per heavy atom. The van der Waals surface area contributed by atoms with E-state index in [4.69, 9.17) is 19.5 Å². The molecule has 0 bridgehead atoms. The van der Waals surface area contributed by atoms with Crippen LogP contribution in [-0.4, -0.2) is 46.4 Å². The van der Waals surface area contributed by atoms with Gasteiger partial charge < -0.3 is 24.8 Å². The van der Waals surface area contributed by atoms with Gasteiger partial charge in [-0.1, -0.05) is 5.16 Å². The average molecular weight is 272 g/mol. The Kier molecular flexibility index (Phi) is 5.01. The van der Waals surface area contributed by atoms with Gasteiger partial charge in [0.15, 0.2) is 11.5 Å². The predicted molar refractivity (Wildman–Crippen MR) is 58.4 cm³/mol. The fourth-order valence-electron chi connectivity index (χ4n) is 1.24. The van der Waals surface area contributed by atoms with Crippen LogP contribution in [0.2, 0.25) is 0 Å². The lowest BCUT2D eigenvalue weighted by Crippen LogP contribution is -2.42. The van der Waals surface area contributed by atoms with Crippen molar-refractivity contribution in [1.82, 2.24) is 10.5 Å². The van der Waals surface area contributed by atoms with Crippen molar-refractivity contribution in [2.75, 3.05) is 7.11 Å². The van der Waals surface area contributed by atoms with Crippen LogP contribution in [0.4, 0.5) is 0 Å². The van der Waals surface area contributed by atoms with Crippen LogP contribution in [0.25, 0.3) is 0 Å². The topological polar surface area (TPSA) is 139 Å². The van der Waals surface area contributed by atoms with E-state index in [2.05, 4.69) is 5.16 Å². The molecule has 9 heteroatoms. The molecule has 1 aromatic heterocycles. The van der Waals surface area contributed by atoms with Crippen LogP contribution in [0.1, 0.15) is 22.7 Å². The Morgan fingerprint density at radius 2 is 2.16 bits per heavy atom. The lowest BCUT2D eigenvalue weighted by atomic mass is 10.2. The molecule has 0 aliphatic heterocycles. The lowest BCUT2D eigenvalue weighted by Gasteiger charge is -2.10. The molecule has 0 fully saturated rings. The summed E-state index contributed by atoms with van der Waals surface area (Å²) in [6, 6.07) is -0.258. The number of carbonyl (C=O) groups excluding carboxylic acids is 1. The average Bonchev–Trinajstić information content (AvgIpc) is 2.76. The van der Waals surface area contributed by atoms with Crippen molar-refractivity contribution >= 4 is 17.8 Å². The Bertz CT molecular complexity index is 482. The molecule has 0 aliphatic carbocycles. The van der Waals surface area contributed by atoms with Crippen LogP contribution >= 0.6 is 0 Å². The summed E-state index contributed by atoms with van der Waals surface area (Å²) < 4.78 is 9.51. The van der Waals surface area contributed by atoms with E-state index in [0.717, 1.165) is 0 Å². The molecule has 0 radical (unpaired) electrons. The number of carboxylic acids is 2. The number of hydrogen-bond acceptors (Lipinski definition) is 6. The van der Waals surface area contributed by atoms with Gasteiger partial charge in [-0.15, -0.1) is 0 Å². The first-order valence-electron chi connectivity index (χ1n) is 5.14. The minimum absolute atomic E-state index is 0.109. The first-order chi connectivity index (χ1) is 8.93. The van der Waals surface area contributed by atoms with Crippen molar-refractivity contribution in [1.29, 1.82) is 0 Å².